The molecule has 16 heavy (non-hydrogen) atoms. The highest BCUT2D eigenvalue weighted by Gasteiger charge is 2.30. The number of furan rings is 1. The summed E-state index contributed by atoms with van der Waals surface area (Å²) in [6.45, 7) is 3.17. The van der Waals surface area contributed by atoms with E-state index in [-0.39, 0.29) is 11.8 Å². The van der Waals surface area contributed by atoms with E-state index in [0.29, 0.717) is 17.0 Å². The number of urea groups is 1. The molecule has 1 aliphatic heterocycles. The van der Waals surface area contributed by atoms with Crippen molar-refractivity contribution in [3.63, 3.8) is 0 Å². The van der Waals surface area contributed by atoms with E-state index < -0.39 is 6.04 Å². The molecule has 2 heterocycles. The van der Waals surface area contributed by atoms with Crippen molar-refractivity contribution in [3.8, 4) is 0 Å². The van der Waals surface area contributed by atoms with Crippen molar-refractivity contribution in [3.05, 3.63) is 35.4 Å². The Kier molecular flexibility index (Phi) is 2.52. The van der Waals surface area contributed by atoms with Crippen molar-refractivity contribution < 1.29 is 14.0 Å². The van der Waals surface area contributed by atoms with Crippen molar-refractivity contribution in [2.45, 2.75) is 19.9 Å². The quantitative estimate of drug-likeness (QED) is 0.793. The lowest BCUT2D eigenvalue weighted by atomic mass is 9.97. The van der Waals surface area contributed by atoms with E-state index in [0.717, 1.165) is 0 Å². The van der Waals surface area contributed by atoms with Crippen LogP contribution in [0.15, 0.2) is 34.1 Å². The number of nitrogens with one attached hydrogen (secondary N) is 2. The van der Waals surface area contributed by atoms with Crippen molar-refractivity contribution in [1.82, 2.24) is 10.6 Å². The Balaban J connectivity index is 2.46. The van der Waals surface area contributed by atoms with Gasteiger partial charge in [-0.25, -0.2) is 4.79 Å². The smallest absolute Gasteiger partial charge is 0.319 e. The second-order valence-electron chi connectivity index (χ2n) is 3.64. The lowest BCUT2D eigenvalue weighted by molar-refractivity contribution is -0.114. The van der Waals surface area contributed by atoms with Gasteiger partial charge in [-0.1, -0.05) is 0 Å². The van der Waals surface area contributed by atoms with Gasteiger partial charge in [-0.3, -0.25) is 4.79 Å². The van der Waals surface area contributed by atoms with Crippen molar-refractivity contribution in [1.29, 1.82) is 0 Å². The van der Waals surface area contributed by atoms with Gasteiger partial charge in [-0.05, 0) is 26.0 Å². The number of carbonyl (C=O) groups excluding carboxylic acids is 2. The fourth-order valence-electron chi connectivity index (χ4n) is 1.83. The summed E-state index contributed by atoms with van der Waals surface area (Å²) >= 11 is 0. The fourth-order valence-corrected chi connectivity index (χ4v) is 1.83. The van der Waals surface area contributed by atoms with Gasteiger partial charge >= 0.3 is 6.03 Å². The van der Waals surface area contributed by atoms with E-state index in [9.17, 15) is 9.59 Å². The molecule has 0 fully saturated rings. The molecular weight excluding hydrogens is 208 g/mol. The van der Waals surface area contributed by atoms with Gasteiger partial charge in [0.15, 0.2) is 5.78 Å². The molecule has 5 heteroatoms. The second kappa shape index (κ2) is 3.84. The number of ketones is 1. The molecule has 5 nitrogen and oxygen atoms in total. The number of amides is 2. The number of hydrogen-bond donors (Lipinski definition) is 2. The van der Waals surface area contributed by atoms with E-state index in [1.807, 2.05) is 0 Å². The van der Waals surface area contributed by atoms with Crippen LogP contribution in [0.3, 0.4) is 0 Å². The maximum Gasteiger partial charge on any atom is 0.319 e. The maximum atomic E-state index is 11.5. The average Bonchev–Trinajstić information content (AvgIpc) is 2.67. The molecule has 0 aromatic carbocycles. The molecule has 0 unspecified atom stereocenters. The van der Waals surface area contributed by atoms with Crippen molar-refractivity contribution >= 4 is 11.8 Å². The Morgan fingerprint density at radius 2 is 2.25 bits per heavy atom. The Bertz CT molecular complexity index is 460. The monoisotopic (exact) mass is 220 g/mol. The van der Waals surface area contributed by atoms with Crippen LogP contribution in [0.2, 0.25) is 0 Å². The predicted octanol–water partition coefficient (Wildman–Crippen LogP) is 1.50. The molecule has 1 atom stereocenters. The molecular formula is C11H12N2O3. The Hall–Kier alpha value is -2.04. The van der Waals surface area contributed by atoms with Crippen LogP contribution in [0.1, 0.15) is 25.6 Å². The first-order valence-electron chi connectivity index (χ1n) is 4.92. The first kappa shape index (κ1) is 10.5. The number of carbonyl (C=O) groups is 2. The summed E-state index contributed by atoms with van der Waals surface area (Å²) in [4.78, 5) is 22.9. The zero-order valence-electron chi connectivity index (χ0n) is 9.03. The summed E-state index contributed by atoms with van der Waals surface area (Å²) in [5.74, 6) is 0.464. The zero-order valence-corrected chi connectivity index (χ0v) is 9.03. The summed E-state index contributed by atoms with van der Waals surface area (Å²) < 4.78 is 5.22. The van der Waals surface area contributed by atoms with E-state index in [2.05, 4.69) is 10.6 Å². The molecule has 2 N–H and O–H groups in total. The SMILES string of the molecule is CC(=O)C1=C(C)NC(=O)N[C@H]1c1ccco1. The average molecular weight is 220 g/mol. The Morgan fingerprint density at radius 3 is 2.81 bits per heavy atom. The molecule has 0 saturated heterocycles. The minimum atomic E-state index is -0.499. The third kappa shape index (κ3) is 1.71. The normalized spacial score (nSPS) is 20.4. The van der Waals surface area contributed by atoms with Crippen molar-refractivity contribution in [2.24, 2.45) is 0 Å². The summed E-state index contributed by atoms with van der Waals surface area (Å²) in [6, 6.07) is 2.62. The standard InChI is InChI=1S/C11H12N2O3/c1-6-9(7(2)14)10(13-11(15)12-6)8-4-3-5-16-8/h3-5,10H,1-2H3,(H2,12,13,15)/t10-/m0/s1. The molecule has 0 spiro atoms. The zero-order chi connectivity index (χ0) is 11.7. The topological polar surface area (TPSA) is 71.3 Å². The second-order valence-corrected chi connectivity index (χ2v) is 3.64. The van der Waals surface area contributed by atoms with Gasteiger partial charge in [-0.15, -0.1) is 0 Å². The summed E-state index contributed by atoms with van der Waals surface area (Å²) in [7, 11) is 0. The van der Waals surface area contributed by atoms with Crippen LogP contribution < -0.4 is 10.6 Å². The maximum absolute atomic E-state index is 11.5. The van der Waals surface area contributed by atoms with Gasteiger partial charge in [0.05, 0.1) is 6.26 Å². The highest BCUT2D eigenvalue weighted by Crippen LogP contribution is 2.27. The number of allylic oxidation sites excluding steroid dienone is 1. The minimum absolute atomic E-state index is 0.0913. The molecule has 2 amide bonds. The van der Waals surface area contributed by atoms with E-state index in [1.165, 1.54) is 13.2 Å². The van der Waals surface area contributed by atoms with Crippen molar-refractivity contribution in [2.75, 3.05) is 0 Å². The highest BCUT2D eigenvalue weighted by atomic mass is 16.3. The van der Waals surface area contributed by atoms with Gasteiger partial charge in [0.2, 0.25) is 0 Å². The van der Waals surface area contributed by atoms with Gasteiger partial charge in [0.1, 0.15) is 11.8 Å². The van der Waals surface area contributed by atoms with Gasteiger partial charge in [0, 0.05) is 11.3 Å². The number of hydrogen-bond acceptors (Lipinski definition) is 3. The molecule has 1 aromatic heterocycles. The molecule has 0 bridgehead atoms. The Morgan fingerprint density at radius 1 is 1.50 bits per heavy atom. The lowest BCUT2D eigenvalue weighted by Crippen LogP contribution is -2.44. The van der Waals surface area contributed by atoms with Crippen LogP contribution in [0.4, 0.5) is 4.79 Å². The number of rotatable bonds is 2. The molecule has 0 aliphatic carbocycles. The van der Waals surface area contributed by atoms with E-state index >= 15 is 0 Å². The summed E-state index contributed by atoms with van der Waals surface area (Å²) in [6.07, 6.45) is 1.51. The first-order chi connectivity index (χ1) is 7.59. The van der Waals surface area contributed by atoms with Crippen LogP contribution in [0.5, 0.6) is 0 Å². The highest BCUT2D eigenvalue weighted by molar-refractivity contribution is 5.98. The predicted molar refractivity (Wildman–Crippen MR) is 56.5 cm³/mol. The van der Waals surface area contributed by atoms with E-state index in [4.69, 9.17) is 4.42 Å². The molecule has 1 aromatic rings. The van der Waals surface area contributed by atoms with Crippen LogP contribution >= 0.6 is 0 Å². The molecule has 0 radical (unpaired) electrons. The van der Waals surface area contributed by atoms with Crippen LogP contribution in [0, 0.1) is 0 Å². The largest absolute Gasteiger partial charge is 0.467 e. The third-order valence-corrected chi connectivity index (χ3v) is 2.48. The lowest BCUT2D eigenvalue weighted by Gasteiger charge is -2.26. The van der Waals surface area contributed by atoms with Gasteiger partial charge in [-0.2, -0.15) is 0 Å². The summed E-state index contributed by atoms with van der Waals surface area (Å²) in [5.41, 5.74) is 1.09. The third-order valence-electron chi connectivity index (χ3n) is 2.48. The van der Waals surface area contributed by atoms with Crippen LogP contribution in [-0.2, 0) is 4.79 Å². The molecule has 84 valence electrons. The van der Waals surface area contributed by atoms with E-state index in [1.54, 1.807) is 19.1 Å². The first-order valence-corrected chi connectivity index (χ1v) is 4.92. The Labute approximate surface area is 92.5 Å². The minimum Gasteiger partial charge on any atom is -0.467 e. The number of Topliss-reactive ketones (excluding diaryl/α,β-unsaturated/α-hetero) is 1. The summed E-state index contributed by atoms with van der Waals surface area (Å²) in [5, 5.41) is 5.23. The molecule has 1 aliphatic rings. The van der Waals surface area contributed by atoms with Gasteiger partial charge in [0.25, 0.3) is 0 Å². The van der Waals surface area contributed by atoms with Crippen LogP contribution in [-0.4, -0.2) is 11.8 Å². The van der Waals surface area contributed by atoms with Gasteiger partial charge < -0.3 is 15.1 Å². The fraction of sp³-hybridized carbons (Fsp3) is 0.273. The molecule has 2 rings (SSSR count). The molecule has 0 saturated carbocycles. The van der Waals surface area contributed by atoms with Crippen LogP contribution in [0.25, 0.3) is 0 Å².